The van der Waals surface area contributed by atoms with E-state index in [2.05, 4.69) is 18.3 Å². The van der Waals surface area contributed by atoms with Crippen LogP contribution in [0.1, 0.15) is 0 Å². The van der Waals surface area contributed by atoms with E-state index in [1.807, 2.05) is 0 Å². The lowest BCUT2D eigenvalue weighted by Gasteiger charge is -2.02. The molecule has 0 aliphatic rings. The van der Waals surface area contributed by atoms with Gasteiger partial charge >= 0.3 is 12.2 Å². The van der Waals surface area contributed by atoms with Crippen molar-refractivity contribution in [2.45, 2.75) is 0 Å². The highest BCUT2D eigenvalue weighted by Crippen LogP contribution is 2.05. The van der Waals surface area contributed by atoms with Crippen molar-refractivity contribution in [3.8, 4) is 6.08 Å². The van der Waals surface area contributed by atoms with E-state index in [1.54, 1.807) is 0 Å². The van der Waals surface area contributed by atoms with Crippen molar-refractivity contribution in [1.82, 2.24) is 4.98 Å². The van der Waals surface area contributed by atoms with Crippen molar-refractivity contribution < 1.29 is 26.9 Å². The molecule has 0 amide bonds. The first-order valence-corrected chi connectivity index (χ1v) is 3.57. The number of carbonyl (C=O) groups excluding carboxylic acids is 1. The van der Waals surface area contributed by atoms with E-state index in [1.165, 1.54) is 6.20 Å². The standard InChI is InChI=1S/C4H3NO6S/c6-4(11-12(7)8)10-3-5-1-2-9-3/h1-2H,(H,7,8)/p-1. The van der Waals surface area contributed by atoms with Crippen LogP contribution in [0.4, 0.5) is 4.79 Å². The summed E-state index contributed by atoms with van der Waals surface area (Å²) in [6, 6.07) is 0. The minimum absolute atomic E-state index is 0.384. The molecule has 0 radical (unpaired) electrons. The molecule has 1 aromatic rings. The van der Waals surface area contributed by atoms with Gasteiger partial charge < -0.3 is 17.9 Å². The predicted octanol–water partition coefficient (Wildman–Crippen LogP) is -0.0159. The molecule has 1 heterocycles. The lowest BCUT2D eigenvalue weighted by Crippen LogP contribution is -2.11. The van der Waals surface area contributed by atoms with E-state index < -0.39 is 17.5 Å². The Balaban J connectivity index is 2.42. The van der Waals surface area contributed by atoms with Crippen molar-refractivity contribution in [3.05, 3.63) is 12.5 Å². The van der Waals surface area contributed by atoms with Crippen LogP contribution < -0.4 is 4.74 Å². The number of oxazole rings is 1. The summed E-state index contributed by atoms with van der Waals surface area (Å²) < 4.78 is 31.7. The molecule has 0 aromatic carbocycles. The Bertz CT molecular complexity index is 282. The largest absolute Gasteiger partial charge is 0.740 e. The summed E-state index contributed by atoms with van der Waals surface area (Å²) in [5.41, 5.74) is 0. The molecule has 0 bridgehead atoms. The molecule has 1 unspecified atom stereocenters. The second kappa shape index (κ2) is 3.83. The monoisotopic (exact) mass is 192 g/mol. The highest BCUT2D eigenvalue weighted by molar-refractivity contribution is 7.74. The van der Waals surface area contributed by atoms with Gasteiger partial charge in [-0.2, -0.15) is 4.98 Å². The summed E-state index contributed by atoms with van der Waals surface area (Å²) >= 11 is -2.95. The SMILES string of the molecule is O=C(Oc1ncco1)OS(=O)[O-]. The molecule has 1 aromatic heterocycles. The van der Waals surface area contributed by atoms with E-state index in [0.29, 0.717) is 0 Å². The van der Waals surface area contributed by atoms with Gasteiger partial charge in [0.15, 0.2) is 0 Å². The van der Waals surface area contributed by atoms with Gasteiger partial charge in [0.25, 0.3) is 0 Å². The molecule has 1 atom stereocenters. The first kappa shape index (κ1) is 8.68. The molecule has 0 fully saturated rings. The van der Waals surface area contributed by atoms with Gasteiger partial charge in [-0.1, -0.05) is 0 Å². The molecule has 66 valence electrons. The predicted molar refractivity (Wildman–Crippen MR) is 32.5 cm³/mol. The molecule has 0 aliphatic carbocycles. The van der Waals surface area contributed by atoms with Crippen LogP contribution in [0.3, 0.4) is 0 Å². The number of hydrogen-bond donors (Lipinski definition) is 0. The fourth-order valence-corrected chi connectivity index (χ4v) is 0.550. The number of nitrogens with zero attached hydrogens (tertiary/aromatic N) is 1. The fourth-order valence-electron chi connectivity index (χ4n) is 0.405. The summed E-state index contributed by atoms with van der Waals surface area (Å²) in [5.74, 6) is 0. The molecule has 12 heavy (non-hydrogen) atoms. The Morgan fingerprint density at radius 1 is 1.75 bits per heavy atom. The van der Waals surface area contributed by atoms with Crippen LogP contribution >= 0.6 is 0 Å². The van der Waals surface area contributed by atoms with E-state index in [4.69, 9.17) is 0 Å². The van der Waals surface area contributed by atoms with Gasteiger partial charge in [0, 0.05) is 0 Å². The van der Waals surface area contributed by atoms with Crippen molar-refractivity contribution in [2.24, 2.45) is 0 Å². The van der Waals surface area contributed by atoms with Crippen LogP contribution in [-0.4, -0.2) is 19.9 Å². The Kier molecular flexibility index (Phi) is 2.77. The normalized spacial score (nSPS) is 12.1. The van der Waals surface area contributed by atoms with Crippen LogP contribution in [0.15, 0.2) is 16.9 Å². The number of aromatic nitrogens is 1. The molecular weight excluding hydrogens is 190 g/mol. The summed E-state index contributed by atoms with van der Waals surface area (Å²) in [4.78, 5) is 13.8. The van der Waals surface area contributed by atoms with Gasteiger partial charge in [-0.15, -0.1) is 0 Å². The van der Waals surface area contributed by atoms with Gasteiger partial charge in [0.1, 0.15) is 17.6 Å². The second-order valence-electron chi connectivity index (χ2n) is 1.44. The minimum atomic E-state index is -2.95. The van der Waals surface area contributed by atoms with Crippen LogP contribution in [0.2, 0.25) is 0 Å². The van der Waals surface area contributed by atoms with Crippen molar-refractivity contribution in [1.29, 1.82) is 0 Å². The van der Waals surface area contributed by atoms with Crippen molar-refractivity contribution in [3.63, 3.8) is 0 Å². The summed E-state index contributed by atoms with van der Waals surface area (Å²) in [7, 11) is 0. The van der Waals surface area contributed by atoms with Gasteiger partial charge in [-0.05, 0) is 0 Å². The summed E-state index contributed by atoms with van der Waals surface area (Å²) in [5, 5.41) is 0. The highest BCUT2D eigenvalue weighted by Gasteiger charge is 2.09. The topological polar surface area (TPSA) is 102 Å². The van der Waals surface area contributed by atoms with Gasteiger partial charge in [0.2, 0.25) is 0 Å². The fraction of sp³-hybridized carbons (Fsp3) is 0. The van der Waals surface area contributed by atoms with Crippen LogP contribution in [0.25, 0.3) is 0 Å². The molecule has 8 heteroatoms. The van der Waals surface area contributed by atoms with E-state index in [9.17, 15) is 13.6 Å². The first-order chi connectivity index (χ1) is 5.68. The first-order valence-electron chi connectivity index (χ1n) is 2.57. The highest BCUT2D eigenvalue weighted by atomic mass is 32.2. The van der Waals surface area contributed by atoms with Crippen molar-refractivity contribution in [2.75, 3.05) is 0 Å². The number of hydrogen-bond acceptors (Lipinski definition) is 7. The van der Waals surface area contributed by atoms with E-state index in [0.717, 1.165) is 6.26 Å². The molecule has 1 rings (SSSR count). The summed E-state index contributed by atoms with van der Waals surface area (Å²) in [6.45, 7) is 0. The third kappa shape index (κ3) is 2.68. The Morgan fingerprint density at radius 3 is 3.00 bits per heavy atom. The number of carbonyl (C=O) groups is 1. The maximum atomic E-state index is 10.4. The van der Waals surface area contributed by atoms with Crippen LogP contribution in [-0.2, 0) is 15.5 Å². The van der Waals surface area contributed by atoms with Crippen LogP contribution in [0, 0.1) is 0 Å². The number of rotatable bonds is 2. The molecule has 7 nitrogen and oxygen atoms in total. The molecule has 0 aliphatic heterocycles. The molecule has 0 spiro atoms. The Morgan fingerprint density at radius 2 is 2.50 bits per heavy atom. The molecule has 0 N–H and O–H groups in total. The summed E-state index contributed by atoms with van der Waals surface area (Å²) in [6.07, 6.45) is 0.560. The number of ether oxygens (including phenoxy) is 1. The zero-order valence-corrected chi connectivity index (χ0v) is 6.28. The van der Waals surface area contributed by atoms with Crippen LogP contribution in [0.5, 0.6) is 6.08 Å². The second-order valence-corrected chi connectivity index (χ2v) is 2.01. The van der Waals surface area contributed by atoms with Gasteiger partial charge in [0.05, 0.1) is 6.20 Å². The molecule has 0 saturated carbocycles. The lowest BCUT2D eigenvalue weighted by molar-refractivity contribution is 0.138. The quantitative estimate of drug-likeness (QED) is 0.479. The maximum absolute atomic E-state index is 10.4. The van der Waals surface area contributed by atoms with Gasteiger partial charge in [-0.3, -0.25) is 0 Å². The van der Waals surface area contributed by atoms with E-state index in [-0.39, 0.29) is 6.08 Å². The molecular formula is C4H2NO6S-. The Labute approximate surface area is 68.8 Å². The minimum Gasteiger partial charge on any atom is -0.740 e. The Hall–Kier alpha value is -1.41. The van der Waals surface area contributed by atoms with Crippen molar-refractivity contribution >= 4 is 17.5 Å². The van der Waals surface area contributed by atoms with E-state index >= 15 is 0 Å². The third-order valence-corrected chi connectivity index (χ3v) is 0.989. The third-order valence-electron chi connectivity index (χ3n) is 0.716. The molecule has 0 saturated heterocycles. The smallest absolute Gasteiger partial charge is 0.531 e. The average Bonchev–Trinajstić information content (AvgIpc) is 2.37. The lowest BCUT2D eigenvalue weighted by atomic mass is 11.0. The average molecular weight is 192 g/mol. The van der Waals surface area contributed by atoms with Gasteiger partial charge in [-0.25, -0.2) is 9.00 Å². The zero-order valence-electron chi connectivity index (χ0n) is 5.46. The zero-order chi connectivity index (χ0) is 8.97. The maximum Gasteiger partial charge on any atom is 0.531 e.